The van der Waals surface area contributed by atoms with Crippen molar-refractivity contribution in [2.45, 2.75) is 31.7 Å². The number of nitrogens with one attached hydrogen (secondary N) is 1. The molecule has 1 saturated carbocycles. The van der Waals surface area contributed by atoms with Crippen molar-refractivity contribution < 1.29 is 9.47 Å². The van der Waals surface area contributed by atoms with Crippen LogP contribution in [-0.2, 0) is 9.47 Å². The normalized spacial score (nSPS) is 31.9. The van der Waals surface area contributed by atoms with E-state index >= 15 is 0 Å². The zero-order chi connectivity index (χ0) is 18.8. The van der Waals surface area contributed by atoms with E-state index in [2.05, 4.69) is 37.4 Å². The Kier molecular flexibility index (Phi) is 5.65. The second kappa shape index (κ2) is 8.51. The molecular weight excluding hydrogens is 354 g/mol. The van der Waals surface area contributed by atoms with Gasteiger partial charge in [0.15, 0.2) is 5.82 Å². The van der Waals surface area contributed by atoms with Crippen LogP contribution in [0.5, 0.6) is 0 Å². The highest BCUT2D eigenvalue weighted by atomic mass is 16.5. The fraction of sp³-hybridized carbons (Fsp3) is 0.810. The standard InChI is InChI=1S/C21H33N5O2/c1-2-21(26-5-9-28-10-6-26)24-23-20(1)22-19-11-17-14-25(15-18(17)12-19)13-16-3-7-27-8-4-16/h1-2,16-19H,3-15H2,(H,22,23)/t17-,18+,19?. The van der Waals surface area contributed by atoms with Gasteiger partial charge in [0.2, 0.25) is 0 Å². The lowest BCUT2D eigenvalue weighted by atomic mass is 10.00. The number of hydrogen-bond acceptors (Lipinski definition) is 7. The first-order valence-corrected chi connectivity index (χ1v) is 11.1. The molecule has 28 heavy (non-hydrogen) atoms. The summed E-state index contributed by atoms with van der Waals surface area (Å²) in [5.74, 6) is 4.42. The molecule has 0 radical (unpaired) electrons. The predicted octanol–water partition coefficient (Wildman–Crippen LogP) is 1.86. The van der Waals surface area contributed by atoms with Gasteiger partial charge in [0.25, 0.3) is 0 Å². The molecule has 4 fully saturated rings. The minimum absolute atomic E-state index is 0.545. The molecule has 5 rings (SSSR count). The maximum Gasteiger partial charge on any atom is 0.151 e. The molecule has 1 aromatic heterocycles. The molecule has 154 valence electrons. The van der Waals surface area contributed by atoms with E-state index in [0.29, 0.717) is 6.04 Å². The third-order valence-corrected chi connectivity index (χ3v) is 7.02. The van der Waals surface area contributed by atoms with Crippen LogP contribution in [0.3, 0.4) is 0 Å². The van der Waals surface area contributed by atoms with Gasteiger partial charge in [-0.3, -0.25) is 0 Å². The summed E-state index contributed by atoms with van der Waals surface area (Å²) in [5.41, 5.74) is 0. The quantitative estimate of drug-likeness (QED) is 0.827. The van der Waals surface area contributed by atoms with Crippen molar-refractivity contribution in [2.24, 2.45) is 17.8 Å². The maximum atomic E-state index is 5.51. The molecule has 0 spiro atoms. The van der Waals surface area contributed by atoms with Crippen LogP contribution in [-0.4, -0.2) is 80.3 Å². The van der Waals surface area contributed by atoms with Crippen LogP contribution < -0.4 is 10.2 Å². The first-order chi connectivity index (χ1) is 13.8. The molecule has 3 aliphatic heterocycles. The highest BCUT2D eigenvalue weighted by molar-refractivity contribution is 5.44. The molecule has 0 bridgehead atoms. The van der Waals surface area contributed by atoms with Crippen LogP contribution in [0, 0.1) is 17.8 Å². The van der Waals surface area contributed by atoms with Crippen molar-refractivity contribution in [2.75, 3.05) is 69.4 Å². The van der Waals surface area contributed by atoms with Crippen LogP contribution in [0.4, 0.5) is 11.6 Å². The van der Waals surface area contributed by atoms with Crippen molar-refractivity contribution in [3.63, 3.8) is 0 Å². The summed E-state index contributed by atoms with van der Waals surface area (Å²) in [6.07, 6.45) is 5.02. The minimum Gasteiger partial charge on any atom is -0.381 e. The Hall–Kier alpha value is -1.44. The summed E-state index contributed by atoms with van der Waals surface area (Å²) in [6.45, 7) is 9.11. The molecule has 3 saturated heterocycles. The Morgan fingerprint density at radius 1 is 0.929 bits per heavy atom. The average Bonchev–Trinajstić information content (AvgIpc) is 3.28. The second-order valence-electron chi connectivity index (χ2n) is 8.98. The molecule has 4 aliphatic rings. The van der Waals surface area contributed by atoms with E-state index in [1.807, 2.05) is 0 Å². The van der Waals surface area contributed by atoms with Crippen LogP contribution in [0.25, 0.3) is 0 Å². The Labute approximate surface area is 167 Å². The van der Waals surface area contributed by atoms with Gasteiger partial charge >= 0.3 is 0 Å². The van der Waals surface area contributed by atoms with Crippen LogP contribution >= 0.6 is 0 Å². The van der Waals surface area contributed by atoms with Gasteiger partial charge in [-0.05, 0) is 55.6 Å². The number of aromatic nitrogens is 2. The zero-order valence-corrected chi connectivity index (χ0v) is 16.8. The zero-order valence-electron chi connectivity index (χ0n) is 16.8. The summed E-state index contributed by atoms with van der Waals surface area (Å²) < 4.78 is 10.9. The molecule has 7 nitrogen and oxygen atoms in total. The highest BCUT2D eigenvalue weighted by Crippen LogP contribution is 2.39. The number of hydrogen-bond donors (Lipinski definition) is 1. The van der Waals surface area contributed by atoms with Gasteiger partial charge in [-0.2, -0.15) is 0 Å². The summed E-state index contributed by atoms with van der Waals surface area (Å²) in [7, 11) is 0. The molecule has 1 aromatic rings. The van der Waals surface area contributed by atoms with E-state index in [1.165, 1.54) is 45.3 Å². The minimum atomic E-state index is 0.545. The van der Waals surface area contributed by atoms with Gasteiger partial charge in [0.05, 0.1) is 13.2 Å². The van der Waals surface area contributed by atoms with Crippen molar-refractivity contribution in [1.29, 1.82) is 0 Å². The van der Waals surface area contributed by atoms with Crippen LogP contribution in [0.15, 0.2) is 12.1 Å². The Bertz CT molecular complexity index is 616. The second-order valence-corrected chi connectivity index (χ2v) is 8.98. The lowest BCUT2D eigenvalue weighted by Gasteiger charge is -2.28. The van der Waals surface area contributed by atoms with E-state index in [1.54, 1.807) is 0 Å². The Morgan fingerprint density at radius 3 is 2.32 bits per heavy atom. The maximum absolute atomic E-state index is 5.51. The van der Waals surface area contributed by atoms with Gasteiger partial charge in [-0.25, -0.2) is 0 Å². The summed E-state index contributed by atoms with van der Waals surface area (Å²) in [5, 5.41) is 12.5. The topological polar surface area (TPSA) is 62.8 Å². The number of anilines is 2. The fourth-order valence-electron chi connectivity index (χ4n) is 5.53. The molecule has 0 aromatic carbocycles. The molecule has 1 aliphatic carbocycles. The first kappa shape index (κ1) is 18.6. The fourth-order valence-corrected chi connectivity index (χ4v) is 5.53. The monoisotopic (exact) mass is 387 g/mol. The summed E-state index contributed by atoms with van der Waals surface area (Å²) in [6, 6.07) is 4.72. The van der Waals surface area contributed by atoms with E-state index in [4.69, 9.17) is 9.47 Å². The first-order valence-electron chi connectivity index (χ1n) is 11.1. The highest BCUT2D eigenvalue weighted by Gasteiger charge is 2.41. The molecule has 1 unspecified atom stereocenters. The lowest BCUT2D eigenvalue weighted by molar-refractivity contribution is 0.0545. The Balaban J connectivity index is 1.09. The van der Waals surface area contributed by atoms with Gasteiger partial charge in [-0.15, -0.1) is 10.2 Å². The average molecular weight is 388 g/mol. The summed E-state index contributed by atoms with van der Waals surface area (Å²) >= 11 is 0. The van der Waals surface area contributed by atoms with Crippen molar-refractivity contribution in [3.05, 3.63) is 12.1 Å². The summed E-state index contributed by atoms with van der Waals surface area (Å²) in [4.78, 5) is 4.96. The van der Waals surface area contributed by atoms with E-state index in [-0.39, 0.29) is 0 Å². The number of fused-ring (bicyclic) bond motifs is 1. The number of morpholine rings is 1. The van der Waals surface area contributed by atoms with Crippen molar-refractivity contribution >= 4 is 11.6 Å². The predicted molar refractivity (Wildman–Crippen MR) is 109 cm³/mol. The molecule has 1 N–H and O–H groups in total. The molecule has 3 atom stereocenters. The van der Waals surface area contributed by atoms with E-state index in [9.17, 15) is 0 Å². The number of rotatable bonds is 5. The molecule has 0 amide bonds. The van der Waals surface area contributed by atoms with Crippen molar-refractivity contribution in [3.8, 4) is 0 Å². The van der Waals surface area contributed by atoms with Crippen LogP contribution in [0.2, 0.25) is 0 Å². The van der Waals surface area contributed by atoms with Crippen molar-refractivity contribution in [1.82, 2.24) is 15.1 Å². The van der Waals surface area contributed by atoms with Gasteiger partial charge in [0, 0.05) is 52.0 Å². The van der Waals surface area contributed by atoms with E-state index in [0.717, 1.165) is 68.9 Å². The van der Waals surface area contributed by atoms with Gasteiger partial charge in [0.1, 0.15) is 5.82 Å². The largest absolute Gasteiger partial charge is 0.381 e. The van der Waals surface area contributed by atoms with Gasteiger partial charge < -0.3 is 24.6 Å². The molecule has 4 heterocycles. The van der Waals surface area contributed by atoms with Crippen LogP contribution in [0.1, 0.15) is 25.7 Å². The third kappa shape index (κ3) is 4.26. The Morgan fingerprint density at radius 2 is 1.64 bits per heavy atom. The number of ether oxygens (including phenoxy) is 2. The molecular formula is C21H33N5O2. The van der Waals surface area contributed by atoms with Gasteiger partial charge in [-0.1, -0.05) is 0 Å². The SMILES string of the molecule is c1cc(N2CCOCC2)nnc1NC1C[C@@H]2CN(CC3CCOCC3)C[C@@H]2C1. The smallest absolute Gasteiger partial charge is 0.151 e. The third-order valence-electron chi connectivity index (χ3n) is 7.02. The molecule has 7 heteroatoms. The number of nitrogens with zero attached hydrogens (tertiary/aromatic N) is 4. The lowest BCUT2D eigenvalue weighted by Crippen LogP contribution is -2.36. The number of likely N-dealkylation sites (tertiary alicyclic amines) is 1. The van der Waals surface area contributed by atoms with E-state index < -0.39 is 0 Å².